The van der Waals surface area contributed by atoms with Crippen LogP contribution in [0.25, 0.3) is 0 Å². The van der Waals surface area contributed by atoms with Gasteiger partial charge >= 0.3 is 0 Å². The first kappa shape index (κ1) is 18.5. The highest BCUT2D eigenvalue weighted by Gasteiger charge is 2.22. The number of benzene rings is 2. The quantitative estimate of drug-likeness (QED) is 0.682. The molecule has 1 N–H and O–H groups in total. The number of fused-ring (bicyclic) bond motifs is 1. The third kappa shape index (κ3) is 4.03. The van der Waals surface area contributed by atoms with Crippen molar-refractivity contribution >= 4 is 46.6 Å². The minimum atomic E-state index is -0.180. The van der Waals surface area contributed by atoms with E-state index in [1.165, 1.54) is 11.8 Å². The molecule has 2 heterocycles. The fraction of sp³-hybridized carbons (Fsp3) is 0.0952. The lowest BCUT2D eigenvalue weighted by atomic mass is 10.1. The molecule has 28 heavy (non-hydrogen) atoms. The summed E-state index contributed by atoms with van der Waals surface area (Å²) in [4.78, 5) is 32.0. The molecule has 0 fully saturated rings. The molecule has 0 unspecified atom stereocenters. The topological polar surface area (TPSA) is 62.3 Å². The number of hydrogen-bond acceptors (Lipinski definition) is 4. The van der Waals surface area contributed by atoms with Crippen molar-refractivity contribution in [3.8, 4) is 0 Å². The highest BCUT2D eigenvalue weighted by atomic mass is 35.5. The second-order valence-corrected chi connectivity index (χ2v) is 7.69. The number of hydrogen-bond donors (Lipinski definition) is 1. The first-order valence-electron chi connectivity index (χ1n) is 8.64. The van der Waals surface area contributed by atoms with Crippen LogP contribution in [-0.4, -0.2) is 22.6 Å². The van der Waals surface area contributed by atoms with Crippen LogP contribution in [0.4, 0.5) is 11.4 Å². The molecule has 0 atom stereocenters. The highest BCUT2D eigenvalue weighted by Crippen LogP contribution is 2.33. The molecule has 1 aromatic heterocycles. The number of pyridine rings is 1. The van der Waals surface area contributed by atoms with Gasteiger partial charge in [-0.1, -0.05) is 17.7 Å². The maximum absolute atomic E-state index is 13.3. The summed E-state index contributed by atoms with van der Waals surface area (Å²) in [6.45, 7) is 0.319. The lowest BCUT2D eigenvalue weighted by Crippen LogP contribution is -2.31. The first-order chi connectivity index (χ1) is 13.6. The largest absolute Gasteiger partial charge is 0.324 e. The molecule has 0 bridgehead atoms. The van der Waals surface area contributed by atoms with Crippen LogP contribution in [0.1, 0.15) is 16.1 Å². The van der Waals surface area contributed by atoms with Gasteiger partial charge in [0.2, 0.25) is 5.91 Å². The Morgan fingerprint density at radius 3 is 2.71 bits per heavy atom. The molecule has 4 rings (SSSR count). The standard InChI is InChI=1S/C21H16ClN3O2S/c22-15-5-7-17(8-6-15)25(12-16-3-1-2-10-23-16)21(27)14-4-9-19-18(11-14)24-20(26)13-28-19/h1-11H,12-13H2,(H,24,26). The van der Waals surface area contributed by atoms with Gasteiger partial charge in [0, 0.05) is 27.4 Å². The van der Waals surface area contributed by atoms with E-state index >= 15 is 0 Å². The molecule has 0 saturated heterocycles. The number of nitrogens with zero attached hydrogens (tertiary/aromatic N) is 2. The summed E-state index contributed by atoms with van der Waals surface area (Å²) in [5, 5.41) is 3.43. The monoisotopic (exact) mass is 409 g/mol. The molecule has 2 aromatic carbocycles. The summed E-state index contributed by atoms with van der Waals surface area (Å²) in [5.74, 6) is 0.141. The van der Waals surface area contributed by atoms with Gasteiger partial charge < -0.3 is 10.2 Å². The van der Waals surface area contributed by atoms with Crippen LogP contribution in [0, 0.1) is 0 Å². The minimum Gasteiger partial charge on any atom is -0.324 e. The van der Waals surface area contributed by atoms with E-state index < -0.39 is 0 Å². The maximum atomic E-state index is 13.3. The Labute approximate surface area is 171 Å². The molecule has 0 radical (unpaired) electrons. The summed E-state index contributed by atoms with van der Waals surface area (Å²) in [5.41, 5.74) is 2.65. The zero-order valence-corrected chi connectivity index (χ0v) is 16.3. The molecule has 0 saturated carbocycles. The molecule has 1 aliphatic rings. The third-order valence-electron chi connectivity index (χ3n) is 4.29. The Kier molecular flexibility index (Phi) is 5.32. The molecule has 3 aromatic rings. The normalized spacial score (nSPS) is 12.8. The van der Waals surface area contributed by atoms with Crippen molar-refractivity contribution in [2.24, 2.45) is 0 Å². The fourth-order valence-electron chi connectivity index (χ4n) is 2.93. The van der Waals surface area contributed by atoms with Crippen molar-refractivity contribution in [2.45, 2.75) is 11.4 Å². The Bertz CT molecular complexity index is 1030. The fourth-order valence-corrected chi connectivity index (χ4v) is 3.84. The van der Waals surface area contributed by atoms with Gasteiger partial charge in [0.1, 0.15) is 0 Å². The number of halogens is 1. The second-order valence-electron chi connectivity index (χ2n) is 6.24. The molecule has 140 valence electrons. The Balaban J connectivity index is 1.69. The average Bonchev–Trinajstić information content (AvgIpc) is 2.72. The van der Waals surface area contributed by atoms with E-state index in [2.05, 4.69) is 10.3 Å². The summed E-state index contributed by atoms with van der Waals surface area (Å²) in [6, 6.07) is 18.1. The number of aromatic nitrogens is 1. The van der Waals surface area contributed by atoms with Crippen molar-refractivity contribution in [1.82, 2.24) is 4.98 Å². The van der Waals surface area contributed by atoms with E-state index in [1.807, 2.05) is 24.3 Å². The van der Waals surface area contributed by atoms with Gasteiger partial charge in [0.25, 0.3) is 5.91 Å². The van der Waals surface area contributed by atoms with Gasteiger partial charge in [-0.05, 0) is 54.6 Å². The van der Waals surface area contributed by atoms with E-state index in [0.717, 1.165) is 16.3 Å². The number of carbonyl (C=O) groups is 2. The van der Waals surface area contributed by atoms with E-state index in [0.29, 0.717) is 28.6 Å². The predicted octanol–water partition coefficient (Wildman–Crippen LogP) is 4.63. The highest BCUT2D eigenvalue weighted by molar-refractivity contribution is 8.00. The zero-order valence-electron chi connectivity index (χ0n) is 14.8. The molecular formula is C21H16ClN3O2S. The van der Waals surface area contributed by atoms with E-state index in [9.17, 15) is 9.59 Å². The Morgan fingerprint density at radius 2 is 1.96 bits per heavy atom. The SMILES string of the molecule is O=C1CSc2ccc(C(=O)N(Cc3ccccn3)c3ccc(Cl)cc3)cc2N1. The van der Waals surface area contributed by atoms with Crippen molar-refractivity contribution in [2.75, 3.05) is 16.0 Å². The van der Waals surface area contributed by atoms with Gasteiger partial charge in [-0.15, -0.1) is 11.8 Å². The van der Waals surface area contributed by atoms with Crippen LogP contribution in [0.15, 0.2) is 71.8 Å². The lowest BCUT2D eigenvalue weighted by molar-refractivity contribution is -0.113. The molecule has 5 nitrogen and oxygen atoms in total. The molecule has 1 aliphatic heterocycles. The molecular weight excluding hydrogens is 394 g/mol. The second kappa shape index (κ2) is 8.04. The number of nitrogens with one attached hydrogen (secondary N) is 1. The maximum Gasteiger partial charge on any atom is 0.258 e. The predicted molar refractivity (Wildman–Crippen MR) is 112 cm³/mol. The van der Waals surface area contributed by atoms with Gasteiger partial charge in [-0.25, -0.2) is 0 Å². The van der Waals surface area contributed by atoms with Gasteiger partial charge in [0.15, 0.2) is 0 Å². The van der Waals surface area contributed by atoms with Gasteiger partial charge in [-0.2, -0.15) is 0 Å². The Hall–Kier alpha value is -2.83. The van der Waals surface area contributed by atoms with Crippen LogP contribution in [0.2, 0.25) is 5.02 Å². The summed E-state index contributed by atoms with van der Waals surface area (Å²) in [7, 11) is 0. The Morgan fingerprint density at radius 1 is 1.14 bits per heavy atom. The summed E-state index contributed by atoms with van der Waals surface area (Å²) in [6.07, 6.45) is 1.70. The van der Waals surface area contributed by atoms with E-state index in [4.69, 9.17) is 11.6 Å². The molecule has 0 spiro atoms. The third-order valence-corrected chi connectivity index (χ3v) is 5.61. The number of rotatable bonds is 4. The summed E-state index contributed by atoms with van der Waals surface area (Å²) < 4.78 is 0. The van der Waals surface area contributed by atoms with Crippen LogP contribution in [0.5, 0.6) is 0 Å². The van der Waals surface area contributed by atoms with Crippen molar-refractivity contribution in [3.63, 3.8) is 0 Å². The van der Waals surface area contributed by atoms with E-state index in [1.54, 1.807) is 47.5 Å². The van der Waals surface area contributed by atoms with Crippen molar-refractivity contribution < 1.29 is 9.59 Å². The number of carbonyl (C=O) groups excluding carboxylic acids is 2. The smallest absolute Gasteiger partial charge is 0.258 e. The van der Waals surface area contributed by atoms with Gasteiger partial charge in [0.05, 0.1) is 23.7 Å². The van der Waals surface area contributed by atoms with Crippen LogP contribution >= 0.6 is 23.4 Å². The zero-order chi connectivity index (χ0) is 19.5. The number of thioether (sulfide) groups is 1. The molecule has 7 heteroatoms. The van der Waals surface area contributed by atoms with Crippen LogP contribution in [-0.2, 0) is 11.3 Å². The number of amides is 2. The minimum absolute atomic E-state index is 0.0647. The average molecular weight is 410 g/mol. The van der Waals surface area contributed by atoms with Crippen molar-refractivity contribution in [3.05, 3.63) is 83.1 Å². The molecule has 0 aliphatic carbocycles. The van der Waals surface area contributed by atoms with Crippen LogP contribution in [0.3, 0.4) is 0 Å². The summed E-state index contributed by atoms with van der Waals surface area (Å²) >= 11 is 7.47. The number of anilines is 2. The van der Waals surface area contributed by atoms with Gasteiger partial charge in [-0.3, -0.25) is 14.6 Å². The molecule has 2 amide bonds. The van der Waals surface area contributed by atoms with Crippen LogP contribution < -0.4 is 10.2 Å². The first-order valence-corrected chi connectivity index (χ1v) is 10.0. The lowest BCUT2D eigenvalue weighted by Gasteiger charge is -2.24. The van der Waals surface area contributed by atoms with Crippen molar-refractivity contribution in [1.29, 1.82) is 0 Å². The van der Waals surface area contributed by atoms with E-state index in [-0.39, 0.29) is 11.8 Å².